The predicted octanol–water partition coefficient (Wildman–Crippen LogP) is 2.85. The lowest BCUT2D eigenvalue weighted by Gasteiger charge is -2.07. The Morgan fingerprint density at radius 2 is 2.12 bits per heavy atom. The molecule has 0 aliphatic carbocycles. The Bertz CT molecular complexity index is 850. The number of aryl methyl sites for hydroxylation is 2. The van der Waals surface area contributed by atoms with E-state index in [4.69, 9.17) is 4.74 Å². The van der Waals surface area contributed by atoms with Crippen molar-refractivity contribution in [1.29, 1.82) is 0 Å². The van der Waals surface area contributed by atoms with Crippen molar-refractivity contribution in [2.75, 3.05) is 0 Å². The Kier molecular flexibility index (Phi) is 4.92. The number of ether oxygens (including phenoxy) is 1. The predicted molar refractivity (Wildman–Crippen MR) is 92.5 cm³/mol. The third-order valence-electron chi connectivity index (χ3n) is 3.97. The van der Waals surface area contributed by atoms with Crippen LogP contribution < -0.4 is 0 Å². The van der Waals surface area contributed by atoms with Gasteiger partial charge < -0.3 is 4.74 Å². The first-order valence-corrected chi connectivity index (χ1v) is 8.24. The van der Waals surface area contributed by atoms with Crippen LogP contribution in [0, 0.1) is 13.8 Å². The molecular weight excluding hydrogens is 318 g/mol. The normalized spacial score (nSPS) is 10.8. The number of hydrogen-bond donors (Lipinski definition) is 0. The van der Waals surface area contributed by atoms with Crippen molar-refractivity contribution in [1.82, 2.24) is 24.3 Å². The number of rotatable bonds is 6. The zero-order chi connectivity index (χ0) is 17.8. The molecule has 0 unspecified atom stereocenters. The van der Waals surface area contributed by atoms with Gasteiger partial charge in [0.15, 0.2) is 0 Å². The molecule has 0 spiro atoms. The van der Waals surface area contributed by atoms with Gasteiger partial charge in [-0.2, -0.15) is 5.10 Å². The van der Waals surface area contributed by atoms with Crippen molar-refractivity contribution < 1.29 is 9.53 Å². The molecule has 0 N–H and O–H groups in total. The average Bonchev–Trinajstić information content (AvgIpc) is 3.23. The summed E-state index contributed by atoms with van der Waals surface area (Å²) in [5.41, 5.74) is 2.92. The Hall–Kier alpha value is -2.96. The van der Waals surface area contributed by atoms with Crippen LogP contribution in [0.4, 0.5) is 0 Å². The van der Waals surface area contributed by atoms with Gasteiger partial charge in [-0.1, -0.05) is 13.0 Å². The molecule has 7 heteroatoms. The van der Waals surface area contributed by atoms with Crippen LogP contribution in [-0.2, 0) is 17.9 Å². The molecule has 0 saturated carbocycles. The molecule has 3 heterocycles. The molecule has 0 saturated heterocycles. The number of carbonyl (C=O) groups excluding carboxylic acids is 1. The molecular formula is C18H21N5O2. The fourth-order valence-electron chi connectivity index (χ4n) is 2.69. The van der Waals surface area contributed by atoms with E-state index in [-0.39, 0.29) is 12.6 Å². The van der Waals surface area contributed by atoms with Crippen molar-refractivity contribution in [3.63, 3.8) is 0 Å². The highest BCUT2D eigenvalue weighted by atomic mass is 16.5. The Morgan fingerprint density at radius 1 is 1.28 bits per heavy atom. The molecule has 0 bridgehead atoms. The lowest BCUT2D eigenvalue weighted by Crippen LogP contribution is -2.09. The summed E-state index contributed by atoms with van der Waals surface area (Å²) in [7, 11) is 0. The first-order chi connectivity index (χ1) is 12.1. The highest BCUT2D eigenvalue weighted by molar-refractivity contribution is 5.91. The van der Waals surface area contributed by atoms with Gasteiger partial charge in [0.05, 0.1) is 11.4 Å². The van der Waals surface area contributed by atoms with Crippen molar-refractivity contribution in [3.05, 3.63) is 59.6 Å². The molecule has 130 valence electrons. The summed E-state index contributed by atoms with van der Waals surface area (Å²) in [4.78, 5) is 20.8. The second-order valence-electron chi connectivity index (χ2n) is 5.84. The molecule has 3 aromatic heterocycles. The third-order valence-corrected chi connectivity index (χ3v) is 3.97. The van der Waals surface area contributed by atoms with Gasteiger partial charge in [0.1, 0.15) is 24.3 Å². The fourth-order valence-corrected chi connectivity index (χ4v) is 2.69. The van der Waals surface area contributed by atoms with Crippen LogP contribution >= 0.6 is 0 Å². The average molecular weight is 339 g/mol. The van der Waals surface area contributed by atoms with Crippen molar-refractivity contribution >= 4 is 5.97 Å². The van der Waals surface area contributed by atoms with Gasteiger partial charge in [0.2, 0.25) is 0 Å². The minimum Gasteiger partial charge on any atom is -0.457 e. The van der Waals surface area contributed by atoms with Crippen LogP contribution in [0.25, 0.3) is 5.82 Å². The van der Waals surface area contributed by atoms with Crippen molar-refractivity contribution in [2.24, 2.45) is 0 Å². The quantitative estimate of drug-likeness (QED) is 0.646. The highest BCUT2D eigenvalue weighted by Crippen LogP contribution is 2.16. The van der Waals surface area contributed by atoms with Gasteiger partial charge in [-0.3, -0.25) is 9.25 Å². The van der Waals surface area contributed by atoms with Crippen LogP contribution in [0.5, 0.6) is 0 Å². The molecule has 3 rings (SSSR count). The number of hydrogen-bond acceptors (Lipinski definition) is 5. The molecule has 0 amide bonds. The van der Waals surface area contributed by atoms with Gasteiger partial charge in [-0.25, -0.2) is 14.8 Å². The number of nitrogens with zero attached hydrogens (tertiary/aromatic N) is 5. The van der Waals surface area contributed by atoms with Gasteiger partial charge in [0, 0.05) is 30.7 Å². The van der Waals surface area contributed by atoms with E-state index in [1.807, 2.05) is 41.4 Å². The van der Waals surface area contributed by atoms with Crippen molar-refractivity contribution in [3.8, 4) is 5.82 Å². The highest BCUT2D eigenvalue weighted by Gasteiger charge is 2.19. The minimum atomic E-state index is -0.351. The number of esters is 1. The van der Waals surface area contributed by atoms with E-state index >= 15 is 0 Å². The molecule has 0 aliphatic heterocycles. The largest absolute Gasteiger partial charge is 0.457 e. The Morgan fingerprint density at radius 3 is 2.76 bits per heavy atom. The van der Waals surface area contributed by atoms with E-state index in [1.54, 1.807) is 18.7 Å². The number of pyridine rings is 1. The first-order valence-electron chi connectivity index (χ1n) is 8.24. The zero-order valence-corrected chi connectivity index (χ0v) is 14.6. The van der Waals surface area contributed by atoms with Crippen LogP contribution in [0.1, 0.15) is 40.7 Å². The maximum absolute atomic E-state index is 12.4. The minimum absolute atomic E-state index is 0.174. The SMILES string of the molecule is CCCn1nc(C)c(C(=O)OCc2ccc(-n3ccnc3)nc2)c1C. The van der Waals surface area contributed by atoms with Crippen LogP contribution in [-0.4, -0.2) is 30.3 Å². The lowest BCUT2D eigenvalue weighted by atomic mass is 10.2. The van der Waals surface area contributed by atoms with Crippen LogP contribution in [0.3, 0.4) is 0 Å². The molecule has 3 aromatic rings. The molecule has 0 aromatic carbocycles. The maximum atomic E-state index is 12.4. The summed E-state index contributed by atoms with van der Waals surface area (Å²) in [6, 6.07) is 3.75. The monoisotopic (exact) mass is 339 g/mol. The summed E-state index contributed by atoms with van der Waals surface area (Å²) >= 11 is 0. The topological polar surface area (TPSA) is 74.8 Å². The molecule has 0 fully saturated rings. The van der Waals surface area contributed by atoms with Crippen molar-refractivity contribution in [2.45, 2.75) is 40.3 Å². The molecule has 0 aliphatic rings. The van der Waals surface area contributed by atoms with Gasteiger partial charge in [-0.05, 0) is 26.3 Å². The van der Waals surface area contributed by atoms with E-state index < -0.39 is 0 Å². The standard InChI is InChI=1S/C18H21N5O2/c1-4-8-23-14(3)17(13(2)21-23)18(24)25-11-15-5-6-16(20-10-15)22-9-7-19-12-22/h5-7,9-10,12H,4,8,11H2,1-3H3. The third kappa shape index (κ3) is 3.60. The number of imidazole rings is 1. The summed E-state index contributed by atoms with van der Waals surface area (Å²) in [5, 5.41) is 4.41. The van der Waals surface area contributed by atoms with Crippen LogP contribution in [0.15, 0.2) is 37.1 Å². The van der Waals surface area contributed by atoms with Crippen LogP contribution in [0.2, 0.25) is 0 Å². The van der Waals surface area contributed by atoms with Gasteiger partial charge in [0.25, 0.3) is 0 Å². The van der Waals surface area contributed by atoms with E-state index in [9.17, 15) is 4.79 Å². The molecule has 0 atom stereocenters. The Balaban J connectivity index is 1.66. The summed E-state index contributed by atoms with van der Waals surface area (Å²) < 4.78 is 9.11. The second-order valence-corrected chi connectivity index (χ2v) is 5.84. The van der Waals surface area contributed by atoms with E-state index in [0.29, 0.717) is 11.3 Å². The summed E-state index contributed by atoms with van der Waals surface area (Å²) in [5.74, 6) is 0.413. The number of carbonyl (C=O) groups is 1. The van der Waals surface area contributed by atoms with Gasteiger partial charge in [-0.15, -0.1) is 0 Å². The first kappa shape index (κ1) is 16.9. The molecule has 0 radical (unpaired) electrons. The molecule has 25 heavy (non-hydrogen) atoms. The summed E-state index contributed by atoms with van der Waals surface area (Å²) in [6.07, 6.45) is 7.86. The second kappa shape index (κ2) is 7.29. The lowest BCUT2D eigenvalue weighted by molar-refractivity contribution is 0.0470. The molecule has 7 nitrogen and oxygen atoms in total. The maximum Gasteiger partial charge on any atom is 0.342 e. The summed E-state index contributed by atoms with van der Waals surface area (Å²) in [6.45, 7) is 6.77. The smallest absolute Gasteiger partial charge is 0.342 e. The Labute approximate surface area is 146 Å². The fraction of sp³-hybridized carbons (Fsp3) is 0.333. The number of aromatic nitrogens is 5. The van der Waals surface area contributed by atoms with Gasteiger partial charge >= 0.3 is 5.97 Å². The van der Waals surface area contributed by atoms with E-state index in [2.05, 4.69) is 22.0 Å². The zero-order valence-electron chi connectivity index (χ0n) is 14.6. The van der Waals surface area contributed by atoms with E-state index in [1.165, 1.54) is 0 Å². The van der Waals surface area contributed by atoms with E-state index in [0.717, 1.165) is 30.0 Å².